The van der Waals surface area contributed by atoms with Crippen molar-refractivity contribution in [1.82, 2.24) is 5.32 Å². The van der Waals surface area contributed by atoms with Gasteiger partial charge in [0.25, 0.3) is 0 Å². The van der Waals surface area contributed by atoms with Crippen LogP contribution in [0.15, 0.2) is 84.9 Å². The number of carbonyl (C=O) groups excluding carboxylic acids is 1. The molecule has 2 N–H and O–H groups in total. The van der Waals surface area contributed by atoms with Gasteiger partial charge in [0, 0.05) is 12.2 Å². The Labute approximate surface area is 161 Å². The van der Waals surface area contributed by atoms with E-state index < -0.39 is 0 Å². The van der Waals surface area contributed by atoms with Crippen LogP contribution in [0.1, 0.15) is 29.0 Å². The van der Waals surface area contributed by atoms with Crippen molar-refractivity contribution in [1.29, 1.82) is 0 Å². The largest absolute Gasteiger partial charge is 0.329 e. The van der Waals surface area contributed by atoms with Gasteiger partial charge < -0.3 is 10.6 Å². The van der Waals surface area contributed by atoms with Crippen molar-refractivity contribution in [3.05, 3.63) is 102 Å². The minimum Gasteiger partial charge on any atom is -0.329 e. The van der Waals surface area contributed by atoms with E-state index in [4.69, 9.17) is 0 Å². The lowest BCUT2D eigenvalue weighted by atomic mass is 9.99. The van der Waals surface area contributed by atoms with Gasteiger partial charge in [-0.3, -0.25) is 4.79 Å². The molecule has 0 aromatic heterocycles. The van der Waals surface area contributed by atoms with Gasteiger partial charge in [-0.05, 0) is 54.1 Å². The second kappa shape index (κ2) is 10.3. The van der Waals surface area contributed by atoms with Crippen LogP contribution in [0.5, 0.6) is 0 Å². The molecule has 3 nitrogen and oxygen atoms in total. The fraction of sp³-hybridized carbons (Fsp3) is 0.208. The van der Waals surface area contributed by atoms with Crippen molar-refractivity contribution in [2.45, 2.75) is 18.8 Å². The minimum atomic E-state index is 0.696. The number of benzene rings is 3. The summed E-state index contributed by atoms with van der Waals surface area (Å²) in [7, 11) is 0. The van der Waals surface area contributed by atoms with Gasteiger partial charge in [0.15, 0.2) is 0 Å². The van der Waals surface area contributed by atoms with Gasteiger partial charge in [0.05, 0.1) is 0 Å². The molecule has 4 rings (SSSR count). The van der Waals surface area contributed by atoms with Gasteiger partial charge in [-0.1, -0.05) is 72.8 Å². The number of carbonyl (C=O) groups is 1. The summed E-state index contributed by atoms with van der Waals surface area (Å²) in [5, 5.41) is 6.02. The molecule has 138 valence electrons. The topological polar surface area (TPSA) is 41.1 Å². The Morgan fingerprint density at radius 2 is 1.59 bits per heavy atom. The van der Waals surface area contributed by atoms with E-state index in [1.807, 2.05) is 36.4 Å². The first-order valence-electron chi connectivity index (χ1n) is 9.44. The van der Waals surface area contributed by atoms with E-state index in [0.29, 0.717) is 6.41 Å². The molecule has 0 aliphatic carbocycles. The molecular weight excluding hydrogens is 332 g/mol. The van der Waals surface area contributed by atoms with Crippen LogP contribution >= 0.6 is 0 Å². The molecule has 27 heavy (non-hydrogen) atoms. The molecule has 0 radical (unpaired) electrons. The number of anilines is 1. The minimum absolute atomic E-state index is 0.696. The third-order valence-corrected chi connectivity index (χ3v) is 4.73. The molecule has 1 atom stereocenters. The molecule has 3 heteroatoms. The molecule has 3 aromatic carbocycles. The first kappa shape index (κ1) is 18.9. The molecular formula is C24H26N2O. The number of rotatable bonds is 5. The summed E-state index contributed by atoms with van der Waals surface area (Å²) in [4.78, 5) is 10.3. The standard InChI is InChI=1S/C14H13NO.C10H13N/c16-11-15-14-8-4-7-13(10-14)9-12-5-2-1-3-6-12;1-2-4-9(5-3-1)10-6-7-11-8-10/h1-8,10-11H,9H2,(H,15,16);1-5,10-11H,6-8H2. The first-order valence-corrected chi connectivity index (χ1v) is 9.44. The Balaban J connectivity index is 0.000000166. The Morgan fingerprint density at radius 1 is 0.889 bits per heavy atom. The monoisotopic (exact) mass is 358 g/mol. The van der Waals surface area contributed by atoms with Crippen LogP contribution in [0.2, 0.25) is 0 Å². The quantitative estimate of drug-likeness (QED) is 0.654. The Kier molecular flexibility index (Phi) is 7.19. The maximum atomic E-state index is 10.3. The fourth-order valence-electron chi connectivity index (χ4n) is 3.34. The normalized spacial score (nSPS) is 15.5. The van der Waals surface area contributed by atoms with Crippen LogP contribution < -0.4 is 10.6 Å². The lowest BCUT2D eigenvalue weighted by molar-refractivity contribution is -0.105. The van der Waals surface area contributed by atoms with Crippen LogP contribution in [0.3, 0.4) is 0 Å². The van der Waals surface area contributed by atoms with Gasteiger partial charge in [0.1, 0.15) is 0 Å². The number of amides is 1. The summed E-state index contributed by atoms with van der Waals surface area (Å²) in [6.07, 6.45) is 2.88. The smallest absolute Gasteiger partial charge is 0.211 e. The summed E-state index contributed by atoms with van der Waals surface area (Å²) >= 11 is 0. The highest BCUT2D eigenvalue weighted by Crippen LogP contribution is 2.21. The van der Waals surface area contributed by atoms with Gasteiger partial charge in [0.2, 0.25) is 6.41 Å². The third-order valence-electron chi connectivity index (χ3n) is 4.73. The highest BCUT2D eigenvalue weighted by molar-refractivity contribution is 5.71. The van der Waals surface area contributed by atoms with Crippen LogP contribution in [0.4, 0.5) is 5.69 Å². The maximum absolute atomic E-state index is 10.3. The maximum Gasteiger partial charge on any atom is 0.211 e. The molecule has 1 unspecified atom stereocenters. The van der Waals surface area contributed by atoms with Gasteiger partial charge in [-0.25, -0.2) is 0 Å². The summed E-state index contributed by atoms with van der Waals surface area (Å²) in [6.45, 7) is 2.34. The molecule has 3 aromatic rings. The van der Waals surface area contributed by atoms with E-state index in [1.165, 1.54) is 29.7 Å². The molecule has 0 spiro atoms. The van der Waals surface area contributed by atoms with Crippen LogP contribution in [0, 0.1) is 0 Å². The van der Waals surface area contributed by atoms with E-state index in [2.05, 4.69) is 59.2 Å². The van der Waals surface area contributed by atoms with Crippen molar-refractivity contribution in [3.63, 3.8) is 0 Å². The molecule has 1 aliphatic heterocycles. The predicted octanol–water partition coefficient (Wildman–Crippen LogP) is 4.61. The van der Waals surface area contributed by atoms with E-state index in [9.17, 15) is 4.79 Å². The Bertz CT molecular complexity index is 812. The molecule has 1 fully saturated rings. The van der Waals surface area contributed by atoms with Crippen LogP contribution in [-0.2, 0) is 11.2 Å². The van der Waals surface area contributed by atoms with E-state index in [0.717, 1.165) is 24.6 Å². The van der Waals surface area contributed by atoms with Crippen LogP contribution in [-0.4, -0.2) is 19.5 Å². The Hall–Kier alpha value is -2.91. The average molecular weight is 358 g/mol. The molecule has 1 heterocycles. The molecule has 0 bridgehead atoms. The molecule has 1 saturated heterocycles. The second-order valence-corrected chi connectivity index (χ2v) is 6.73. The van der Waals surface area contributed by atoms with E-state index >= 15 is 0 Å². The van der Waals surface area contributed by atoms with E-state index in [1.54, 1.807) is 0 Å². The fourth-order valence-corrected chi connectivity index (χ4v) is 3.34. The number of nitrogens with one attached hydrogen (secondary N) is 2. The van der Waals surface area contributed by atoms with Crippen molar-refractivity contribution >= 4 is 12.1 Å². The zero-order chi connectivity index (χ0) is 18.7. The second-order valence-electron chi connectivity index (χ2n) is 6.73. The van der Waals surface area contributed by atoms with Crippen LogP contribution in [0.25, 0.3) is 0 Å². The summed E-state index contributed by atoms with van der Waals surface area (Å²) in [5.41, 5.74) is 4.78. The van der Waals surface area contributed by atoms with Crippen molar-refractivity contribution in [2.24, 2.45) is 0 Å². The number of hydrogen-bond donors (Lipinski definition) is 2. The number of hydrogen-bond acceptors (Lipinski definition) is 2. The van der Waals surface area contributed by atoms with Gasteiger partial charge in [-0.2, -0.15) is 0 Å². The predicted molar refractivity (Wildman–Crippen MR) is 112 cm³/mol. The summed E-state index contributed by atoms with van der Waals surface area (Å²) in [5.74, 6) is 0.760. The lowest BCUT2D eigenvalue weighted by Crippen LogP contribution is -2.07. The highest BCUT2D eigenvalue weighted by atomic mass is 16.1. The van der Waals surface area contributed by atoms with Crippen molar-refractivity contribution in [2.75, 3.05) is 18.4 Å². The molecule has 1 aliphatic rings. The first-order chi connectivity index (χ1) is 13.3. The highest BCUT2D eigenvalue weighted by Gasteiger charge is 2.15. The SMILES string of the molecule is O=CNc1cccc(Cc2ccccc2)c1.c1ccc(C2CCNC2)cc1. The van der Waals surface area contributed by atoms with Gasteiger partial charge in [-0.15, -0.1) is 0 Å². The molecule has 1 amide bonds. The lowest BCUT2D eigenvalue weighted by Gasteiger charge is -2.06. The zero-order valence-corrected chi connectivity index (χ0v) is 15.5. The van der Waals surface area contributed by atoms with Crippen molar-refractivity contribution in [3.8, 4) is 0 Å². The van der Waals surface area contributed by atoms with E-state index in [-0.39, 0.29) is 0 Å². The van der Waals surface area contributed by atoms with Gasteiger partial charge >= 0.3 is 0 Å². The average Bonchev–Trinajstić information content (AvgIpc) is 3.26. The summed E-state index contributed by atoms with van der Waals surface area (Å²) < 4.78 is 0. The summed E-state index contributed by atoms with van der Waals surface area (Å²) in [6, 6.07) is 28.9. The zero-order valence-electron chi connectivity index (χ0n) is 15.5. The third kappa shape index (κ3) is 6.08. The molecule has 0 saturated carbocycles. The Morgan fingerprint density at radius 3 is 2.26 bits per heavy atom. The van der Waals surface area contributed by atoms with Crippen molar-refractivity contribution < 1.29 is 4.79 Å².